The molecule has 0 radical (unpaired) electrons. The van der Waals surface area contributed by atoms with Gasteiger partial charge in [-0.25, -0.2) is 4.42 Å². The number of benzene rings is 2. The summed E-state index contributed by atoms with van der Waals surface area (Å²) in [6.07, 6.45) is 1.70. The molecule has 0 atom stereocenters. The van der Waals surface area contributed by atoms with Gasteiger partial charge in [0, 0.05) is 44.5 Å². The van der Waals surface area contributed by atoms with E-state index >= 15 is 0 Å². The molecule has 1 saturated heterocycles. The molecule has 3 aliphatic rings. The highest BCUT2D eigenvalue weighted by Crippen LogP contribution is 2.41. The van der Waals surface area contributed by atoms with E-state index in [4.69, 9.17) is 16.5 Å². The number of imide groups is 1. The standard InChI is InChI=1S/C24H25ClN4O4/c25-29-20-9-5-8-19(22(20)33-16-21(29)30)27-14-12-26(13-15-27)10-3-4-11-28-23(31)17-6-1-2-7-18(17)24(28)32/h1-2,5-9H,3-4,10-16H2. The van der Waals surface area contributed by atoms with Crippen molar-refractivity contribution in [2.75, 3.05) is 55.2 Å². The van der Waals surface area contributed by atoms with Crippen LogP contribution < -0.4 is 14.1 Å². The lowest BCUT2D eigenvalue weighted by atomic mass is 10.1. The van der Waals surface area contributed by atoms with Crippen molar-refractivity contribution >= 4 is 40.9 Å². The fourth-order valence-corrected chi connectivity index (χ4v) is 4.83. The van der Waals surface area contributed by atoms with E-state index in [1.165, 1.54) is 4.90 Å². The van der Waals surface area contributed by atoms with Gasteiger partial charge in [-0.15, -0.1) is 0 Å². The average molecular weight is 469 g/mol. The van der Waals surface area contributed by atoms with Crippen LogP contribution in [0.1, 0.15) is 33.6 Å². The van der Waals surface area contributed by atoms with E-state index in [2.05, 4.69) is 9.80 Å². The first-order valence-electron chi connectivity index (χ1n) is 11.2. The van der Waals surface area contributed by atoms with Gasteiger partial charge in [0.15, 0.2) is 12.4 Å². The number of para-hydroxylation sites is 1. The molecule has 3 amide bonds. The minimum Gasteiger partial charge on any atom is -0.479 e. The summed E-state index contributed by atoms with van der Waals surface area (Å²) in [7, 11) is 0. The smallest absolute Gasteiger partial charge is 0.279 e. The third kappa shape index (κ3) is 4.05. The van der Waals surface area contributed by atoms with Crippen molar-refractivity contribution in [1.82, 2.24) is 9.80 Å². The Morgan fingerprint density at radius 2 is 1.42 bits per heavy atom. The second kappa shape index (κ2) is 9.03. The number of rotatable bonds is 6. The number of piperazine rings is 1. The molecular weight excluding hydrogens is 444 g/mol. The Kier molecular flexibility index (Phi) is 5.95. The number of halogens is 1. The monoisotopic (exact) mass is 468 g/mol. The van der Waals surface area contributed by atoms with Crippen LogP contribution in [-0.4, -0.2) is 73.4 Å². The summed E-state index contributed by atoms with van der Waals surface area (Å²) in [5.74, 6) is 0.0125. The Balaban J connectivity index is 1.10. The normalized spacial score (nSPS) is 18.5. The van der Waals surface area contributed by atoms with Gasteiger partial charge in [0.1, 0.15) is 5.69 Å². The molecule has 0 aliphatic carbocycles. The topological polar surface area (TPSA) is 73.4 Å². The number of anilines is 2. The second-order valence-corrected chi connectivity index (χ2v) is 8.77. The van der Waals surface area contributed by atoms with Crippen molar-refractivity contribution in [1.29, 1.82) is 0 Å². The van der Waals surface area contributed by atoms with Crippen molar-refractivity contribution in [2.24, 2.45) is 0 Å². The number of fused-ring (bicyclic) bond motifs is 2. The van der Waals surface area contributed by atoms with Gasteiger partial charge in [-0.3, -0.25) is 24.2 Å². The number of nitrogens with zero attached hydrogens (tertiary/aromatic N) is 4. The summed E-state index contributed by atoms with van der Waals surface area (Å²) in [6, 6.07) is 12.7. The first-order chi connectivity index (χ1) is 16.0. The molecule has 0 bridgehead atoms. The lowest BCUT2D eigenvalue weighted by Crippen LogP contribution is -2.47. The lowest BCUT2D eigenvalue weighted by Gasteiger charge is -2.38. The van der Waals surface area contributed by atoms with E-state index in [0.717, 1.165) is 55.7 Å². The Hall–Kier alpha value is -3.10. The summed E-state index contributed by atoms with van der Waals surface area (Å²) in [6.45, 7) is 4.81. The number of carbonyl (C=O) groups is 3. The van der Waals surface area contributed by atoms with Crippen LogP contribution in [0.2, 0.25) is 0 Å². The first-order valence-corrected chi connectivity index (χ1v) is 11.6. The molecule has 33 heavy (non-hydrogen) atoms. The van der Waals surface area contributed by atoms with Gasteiger partial charge < -0.3 is 9.64 Å². The maximum absolute atomic E-state index is 12.5. The molecule has 0 saturated carbocycles. The summed E-state index contributed by atoms with van der Waals surface area (Å²) in [4.78, 5) is 42.7. The molecule has 0 unspecified atom stereocenters. The van der Waals surface area contributed by atoms with Gasteiger partial charge in [-0.05, 0) is 43.7 Å². The zero-order chi connectivity index (χ0) is 22.9. The number of amides is 3. The van der Waals surface area contributed by atoms with Gasteiger partial charge >= 0.3 is 0 Å². The molecule has 3 heterocycles. The molecule has 3 aliphatic heterocycles. The number of ether oxygens (including phenoxy) is 1. The molecule has 2 aromatic rings. The molecule has 2 aromatic carbocycles. The minimum atomic E-state index is -0.271. The van der Waals surface area contributed by atoms with E-state index in [1.54, 1.807) is 30.3 Å². The maximum Gasteiger partial charge on any atom is 0.279 e. The predicted molar refractivity (Wildman–Crippen MR) is 125 cm³/mol. The molecule has 9 heteroatoms. The van der Waals surface area contributed by atoms with Gasteiger partial charge in [0.2, 0.25) is 0 Å². The second-order valence-electron chi connectivity index (χ2n) is 8.43. The van der Waals surface area contributed by atoms with Crippen molar-refractivity contribution in [3.05, 3.63) is 53.6 Å². The number of hydrogen-bond acceptors (Lipinski definition) is 6. The van der Waals surface area contributed by atoms with Gasteiger partial charge in [-0.1, -0.05) is 18.2 Å². The highest BCUT2D eigenvalue weighted by Gasteiger charge is 2.34. The summed E-state index contributed by atoms with van der Waals surface area (Å²) in [5, 5.41) is 0. The molecule has 8 nitrogen and oxygen atoms in total. The van der Waals surface area contributed by atoms with Crippen LogP contribution in [-0.2, 0) is 4.79 Å². The van der Waals surface area contributed by atoms with Crippen LogP contribution >= 0.6 is 11.8 Å². The SMILES string of the molecule is O=C1c2ccccc2C(=O)N1CCCCN1CCN(c2cccc3c2OCC(=O)N3Cl)CC1. The van der Waals surface area contributed by atoms with E-state index in [9.17, 15) is 14.4 Å². The maximum atomic E-state index is 12.5. The van der Waals surface area contributed by atoms with Crippen molar-refractivity contribution in [3.63, 3.8) is 0 Å². The van der Waals surface area contributed by atoms with E-state index < -0.39 is 0 Å². The first kappa shape index (κ1) is 21.7. The van der Waals surface area contributed by atoms with Gasteiger partial charge in [-0.2, -0.15) is 0 Å². The third-order valence-corrected chi connectivity index (χ3v) is 6.81. The summed E-state index contributed by atoms with van der Waals surface area (Å²) < 4.78 is 6.83. The Labute approximate surface area is 197 Å². The van der Waals surface area contributed by atoms with Crippen molar-refractivity contribution in [2.45, 2.75) is 12.8 Å². The molecule has 1 fully saturated rings. The number of carbonyl (C=O) groups excluding carboxylic acids is 3. The number of hydrogen-bond donors (Lipinski definition) is 0. The van der Waals surface area contributed by atoms with E-state index in [1.807, 2.05) is 12.1 Å². The fraction of sp³-hybridized carbons (Fsp3) is 0.375. The largest absolute Gasteiger partial charge is 0.479 e. The van der Waals surface area contributed by atoms with Crippen LogP contribution in [0.15, 0.2) is 42.5 Å². The van der Waals surface area contributed by atoms with Gasteiger partial charge in [0.25, 0.3) is 17.7 Å². The Morgan fingerprint density at radius 3 is 2.12 bits per heavy atom. The molecule has 5 rings (SSSR count). The van der Waals surface area contributed by atoms with Crippen LogP contribution in [0, 0.1) is 0 Å². The molecule has 0 aromatic heterocycles. The molecule has 0 spiro atoms. The zero-order valence-corrected chi connectivity index (χ0v) is 19.0. The van der Waals surface area contributed by atoms with Crippen molar-refractivity contribution in [3.8, 4) is 5.75 Å². The van der Waals surface area contributed by atoms with Crippen LogP contribution in [0.5, 0.6) is 5.75 Å². The van der Waals surface area contributed by atoms with Crippen LogP contribution in [0.4, 0.5) is 11.4 Å². The summed E-state index contributed by atoms with van der Waals surface area (Å²) in [5.41, 5.74) is 2.55. The van der Waals surface area contributed by atoms with E-state index in [-0.39, 0.29) is 24.3 Å². The van der Waals surface area contributed by atoms with E-state index in [0.29, 0.717) is 29.1 Å². The highest BCUT2D eigenvalue weighted by atomic mass is 35.5. The van der Waals surface area contributed by atoms with Crippen LogP contribution in [0.25, 0.3) is 0 Å². The third-order valence-electron chi connectivity index (χ3n) is 6.44. The molecule has 0 N–H and O–H groups in total. The van der Waals surface area contributed by atoms with Crippen LogP contribution in [0.3, 0.4) is 0 Å². The molecule has 172 valence electrons. The molecular formula is C24H25ClN4O4. The Morgan fingerprint density at radius 1 is 0.788 bits per heavy atom. The van der Waals surface area contributed by atoms with Crippen molar-refractivity contribution < 1.29 is 19.1 Å². The zero-order valence-electron chi connectivity index (χ0n) is 18.2. The number of unbranched alkanes of at least 4 members (excludes halogenated alkanes) is 1. The summed E-state index contributed by atoms with van der Waals surface area (Å²) >= 11 is 6.13. The quantitative estimate of drug-likeness (QED) is 0.369. The fourth-order valence-electron chi connectivity index (χ4n) is 4.65. The highest BCUT2D eigenvalue weighted by molar-refractivity contribution is 6.37. The average Bonchev–Trinajstić information content (AvgIpc) is 3.09. The predicted octanol–water partition coefficient (Wildman–Crippen LogP) is 2.76. The lowest BCUT2D eigenvalue weighted by molar-refractivity contribution is -0.120. The Bertz CT molecular complexity index is 1060. The minimum absolute atomic E-state index is 0.0550. The van der Waals surface area contributed by atoms with Gasteiger partial charge in [0.05, 0.1) is 16.8 Å².